The molecule has 0 radical (unpaired) electrons. The maximum atomic E-state index is 11.7. The van der Waals surface area contributed by atoms with Crippen molar-refractivity contribution < 1.29 is 14.3 Å². The van der Waals surface area contributed by atoms with Gasteiger partial charge in [-0.15, -0.1) is 11.6 Å². The lowest BCUT2D eigenvalue weighted by atomic mass is 10.0. The first kappa shape index (κ1) is 11.9. The number of amides is 1. The molecule has 1 aromatic rings. The summed E-state index contributed by atoms with van der Waals surface area (Å²) in [6.45, 7) is 3.47. The van der Waals surface area contributed by atoms with Crippen LogP contribution >= 0.6 is 11.6 Å². The second-order valence-electron chi connectivity index (χ2n) is 4.00. The predicted molar refractivity (Wildman–Crippen MR) is 64.9 cm³/mol. The van der Waals surface area contributed by atoms with Crippen molar-refractivity contribution in [1.82, 2.24) is 0 Å². The molecule has 17 heavy (non-hydrogen) atoms. The molecule has 1 atom stereocenters. The molecule has 1 aromatic carbocycles. The lowest BCUT2D eigenvalue weighted by Gasteiger charge is -2.25. The van der Waals surface area contributed by atoms with Crippen molar-refractivity contribution in [3.63, 3.8) is 0 Å². The maximum Gasteiger partial charge on any atom is 0.265 e. The third-order valence-electron chi connectivity index (χ3n) is 2.58. The van der Waals surface area contributed by atoms with E-state index in [1.54, 1.807) is 19.1 Å². The van der Waals surface area contributed by atoms with Crippen LogP contribution in [-0.4, -0.2) is 23.7 Å². The number of rotatable bonds is 2. The number of ether oxygens (including phenoxy) is 1. The molecule has 1 unspecified atom stereocenters. The molecule has 0 saturated carbocycles. The number of fused-ring (bicyclic) bond motifs is 1. The van der Waals surface area contributed by atoms with E-state index < -0.39 is 6.10 Å². The summed E-state index contributed by atoms with van der Waals surface area (Å²) >= 11 is 5.55. The second-order valence-corrected chi connectivity index (χ2v) is 4.26. The largest absolute Gasteiger partial charge is 0.478 e. The topological polar surface area (TPSA) is 55.4 Å². The average Bonchev–Trinajstić information content (AvgIpc) is 2.29. The van der Waals surface area contributed by atoms with Gasteiger partial charge in [-0.1, -0.05) is 0 Å². The predicted octanol–water partition coefficient (Wildman–Crippen LogP) is 2.14. The molecule has 0 bridgehead atoms. The number of hydrogen-bond acceptors (Lipinski definition) is 3. The third kappa shape index (κ3) is 2.13. The van der Waals surface area contributed by atoms with Crippen molar-refractivity contribution in [2.75, 3.05) is 11.2 Å². The van der Waals surface area contributed by atoms with Crippen LogP contribution in [0.25, 0.3) is 0 Å². The van der Waals surface area contributed by atoms with Crippen LogP contribution in [0, 0.1) is 6.92 Å². The highest BCUT2D eigenvalue weighted by molar-refractivity contribution is 6.31. The van der Waals surface area contributed by atoms with Gasteiger partial charge in [0, 0.05) is 0 Å². The third-order valence-corrected chi connectivity index (χ3v) is 2.82. The van der Waals surface area contributed by atoms with E-state index in [0.29, 0.717) is 17.0 Å². The van der Waals surface area contributed by atoms with E-state index in [0.717, 1.165) is 5.56 Å². The van der Waals surface area contributed by atoms with Crippen LogP contribution < -0.4 is 10.1 Å². The summed E-state index contributed by atoms with van der Waals surface area (Å²) in [4.78, 5) is 23.2. The Bertz CT molecular complexity index is 499. The molecule has 1 aliphatic rings. The summed E-state index contributed by atoms with van der Waals surface area (Å²) in [6.07, 6.45) is -0.605. The number of Topliss-reactive ketones (excluding diaryl/α,β-unsaturated/α-hetero) is 1. The highest BCUT2D eigenvalue weighted by Gasteiger charge is 2.27. The molecule has 90 valence electrons. The minimum atomic E-state index is -0.605. The van der Waals surface area contributed by atoms with E-state index in [2.05, 4.69) is 5.32 Å². The Hall–Kier alpha value is -1.55. The van der Waals surface area contributed by atoms with Crippen molar-refractivity contribution in [2.24, 2.45) is 0 Å². The van der Waals surface area contributed by atoms with Crippen LogP contribution in [0.3, 0.4) is 0 Å². The first-order chi connectivity index (χ1) is 8.02. The van der Waals surface area contributed by atoms with Gasteiger partial charge in [0.2, 0.25) is 0 Å². The molecule has 1 N–H and O–H groups in total. The number of alkyl halides is 1. The van der Waals surface area contributed by atoms with E-state index in [9.17, 15) is 9.59 Å². The number of hydrogen-bond donors (Lipinski definition) is 1. The Morgan fingerprint density at radius 3 is 2.88 bits per heavy atom. The van der Waals surface area contributed by atoms with E-state index in [-0.39, 0.29) is 17.6 Å². The van der Waals surface area contributed by atoms with Crippen LogP contribution in [0.1, 0.15) is 22.8 Å². The average molecular weight is 254 g/mol. The van der Waals surface area contributed by atoms with Crippen molar-refractivity contribution in [3.8, 4) is 5.75 Å². The van der Waals surface area contributed by atoms with Gasteiger partial charge in [0.05, 0.1) is 17.1 Å². The quantitative estimate of drug-likeness (QED) is 0.649. The van der Waals surface area contributed by atoms with Crippen LogP contribution in [0.2, 0.25) is 0 Å². The van der Waals surface area contributed by atoms with Crippen molar-refractivity contribution in [1.29, 1.82) is 0 Å². The first-order valence-electron chi connectivity index (χ1n) is 5.24. The summed E-state index contributed by atoms with van der Waals surface area (Å²) in [7, 11) is 0. The van der Waals surface area contributed by atoms with Gasteiger partial charge < -0.3 is 10.1 Å². The molecule has 4 nitrogen and oxygen atoms in total. The van der Waals surface area contributed by atoms with Crippen LogP contribution in [0.5, 0.6) is 5.75 Å². The Balaban J connectivity index is 2.55. The SMILES string of the molecule is Cc1cc2c(c(C(=O)CCl)c1)OC(C)C(=O)N2. The zero-order valence-electron chi connectivity index (χ0n) is 9.54. The summed E-state index contributed by atoms with van der Waals surface area (Å²) < 4.78 is 5.46. The molecule has 0 saturated heterocycles. The molecule has 1 amide bonds. The van der Waals surface area contributed by atoms with E-state index in [1.807, 2.05) is 6.92 Å². The molecule has 1 heterocycles. The number of carbonyl (C=O) groups excluding carboxylic acids is 2. The van der Waals surface area contributed by atoms with E-state index >= 15 is 0 Å². The fourth-order valence-corrected chi connectivity index (χ4v) is 1.88. The molecular weight excluding hydrogens is 242 g/mol. The zero-order valence-corrected chi connectivity index (χ0v) is 10.3. The number of carbonyl (C=O) groups is 2. The summed E-state index contributed by atoms with van der Waals surface area (Å²) in [5.41, 5.74) is 1.82. The fraction of sp³-hybridized carbons (Fsp3) is 0.333. The van der Waals surface area contributed by atoms with Gasteiger partial charge in [0.15, 0.2) is 17.6 Å². The fourth-order valence-electron chi connectivity index (χ4n) is 1.74. The Labute approximate surface area is 104 Å². The van der Waals surface area contributed by atoms with Gasteiger partial charge in [-0.3, -0.25) is 9.59 Å². The Morgan fingerprint density at radius 1 is 1.53 bits per heavy atom. The summed E-state index contributed by atoms with van der Waals surface area (Å²) in [6, 6.07) is 3.48. The standard InChI is InChI=1S/C12H12ClNO3/c1-6-3-8(10(15)5-13)11-9(4-6)14-12(16)7(2)17-11/h3-4,7H,5H2,1-2H3,(H,14,16). The van der Waals surface area contributed by atoms with Crippen molar-refractivity contribution >= 4 is 29.0 Å². The highest BCUT2D eigenvalue weighted by atomic mass is 35.5. The van der Waals surface area contributed by atoms with Crippen LogP contribution in [0.4, 0.5) is 5.69 Å². The Morgan fingerprint density at radius 2 is 2.24 bits per heavy atom. The van der Waals surface area contributed by atoms with Gasteiger partial charge in [-0.05, 0) is 31.5 Å². The highest BCUT2D eigenvalue weighted by Crippen LogP contribution is 2.35. The number of nitrogens with one attached hydrogen (secondary N) is 1. The lowest BCUT2D eigenvalue weighted by molar-refractivity contribution is -0.122. The molecule has 0 spiro atoms. The lowest BCUT2D eigenvalue weighted by Crippen LogP contribution is -2.35. The van der Waals surface area contributed by atoms with Gasteiger partial charge in [-0.25, -0.2) is 0 Å². The molecule has 1 aliphatic heterocycles. The number of halogens is 1. The van der Waals surface area contributed by atoms with Crippen molar-refractivity contribution in [2.45, 2.75) is 20.0 Å². The van der Waals surface area contributed by atoms with E-state index in [4.69, 9.17) is 16.3 Å². The normalized spacial score (nSPS) is 18.1. The van der Waals surface area contributed by atoms with Gasteiger partial charge >= 0.3 is 0 Å². The van der Waals surface area contributed by atoms with E-state index in [1.165, 1.54) is 0 Å². The summed E-state index contributed by atoms with van der Waals surface area (Å²) in [5, 5.41) is 2.71. The van der Waals surface area contributed by atoms with Crippen molar-refractivity contribution in [3.05, 3.63) is 23.3 Å². The molecule has 5 heteroatoms. The Kier molecular flexibility index (Phi) is 3.07. The number of benzene rings is 1. The van der Waals surface area contributed by atoms with Gasteiger partial charge in [0.1, 0.15) is 0 Å². The first-order valence-corrected chi connectivity index (χ1v) is 5.77. The van der Waals surface area contributed by atoms with Gasteiger partial charge in [-0.2, -0.15) is 0 Å². The van der Waals surface area contributed by atoms with Gasteiger partial charge in [0.25, 0.3) is 5.91 Å². The summed E-state index contributed by atoms with van der Waals surface area (Å²) in [5.74, 6) is -0.127. The minimum absolute atomic E-state index is 0.110. The smallest absolute Gasteiger partial charge is 0.265 e. The number of anilines is 1. The molecule has 2 rings (SSSR count). The molecule has 0 aromatic heterocycles. The second kappa shape index (κ2) is 4.37. The number of ketones is 1. The minimum Gasteiger partial charge on any atom is -0.478 e. The van der Waals surface area contributed by atoms with Crippen LogP contribution in [-0.2, 0) is 4.79 Å². The molecule has 0 fully saturated rings. The number of aryl methyl sites for hydroxylation is 1. The molecular formula is C12H12ClNO3. The van der Waals surface area contributed by atoms with Crippen LogP contribution in [0.15, 0.2) is 12.1 Å². The monoisotopic (exact) mass is 253 g/mol. The molecule has 0 aliphatic carbocycles. The maximum absolute atomic E-state index is 11.7. The zero-order chi connectivity index (χ0) is 12.6.